The Labute approximate surface area is 158 Å². The molecule has 2 aromatic carbocycles. The highest BCUT2D eigenvalue weighted by atomic mass is 32.2. The summed E-state index contributed by atoms with van der Waals surface area (Å²) in [6.07, 6.45) is 0.511. The average molecular weight is 387 g/mol. The molecule has 27 heavy (non-hydrogen) atoms. The van der Waals surface area contributed by atoms with Crippen molar-refractivity contribution in [2.24, 2.45) is 5.73 Å². The van der Waals surface area contributed by atoms with Crippen molar-refractivity contribution in [2.75, 3.05) is 20.1 Å². The molecule has 0 spiro atoms. The van der Waals surface area contributed by atoms with E-state index in [9.17, 15) is 18.0 Å². The van der Waals surface area contributed by atoms with Crippen LogP contribution in [0, 0.1) is 0 Å². The van der Waals surface area contributed by atoms with Gasteiger partial charge in [0.05, 0.1) is 16.0 Å². The van der Waals surface area contributed by atoms with Crippen LogP contribution in [-0.2, 0) is 16.6 Å². The number of fused-ring (bicyclic) bond motifs is 1. The molecule has 1 aliphatic rings. The van der Waals surface area contributed by atoms with Crippen LogP contribution in [0.4, 0.5) is 0 Å². The normalized spacial score (nSPS) is 14.1. The van der Waals surface area contributed by atoms with E-state index in [1.165, 1.54) is 29.6 Å². The second kappa shape index (κ2) is 7.59. The van der Waals surface area contributed by atoms with E-state index < -0.39 is 21.8 Å². The lowest BCUT2D eigenvalue weighted by atomic mass is 10.1. The summed E-state index contributed by atoms with van der Waals surface area (Å²) in [6.45, 7) is 0.827. The van der Waals surface area contributed by atoms with E-state index in [4.69, 9.17) is 5.73 Å². The number of hydrogen-bond donors (Lipinski definition) is 1. The highest BCUT2D eigenvalue weighted by Gasteiger charge is 2.35. The predicted octanol–water partition coefficient (Wildman–Crippen LogP) is 1.45. The van der Waals surface area contributed by atoms with Gasteiger partial charge in [0.2, 0.25) is 10.0 Å². The van der Waals surface area contributed by atoms with Gasteiger partial charge in [-0.25, -0.2) is 8.42 Å². The quantitative estimate of drug-likeness (QED) is 0.725. The molecule has 2 amide bonds. The first-order valence-corrected chi connectivity index (χ1v) is 10.0. The molecule has 0 bridgehead atoms. The van der Waals surface area contributed by atoms with Crippen LogP contribution in [0.15, 0.2) is 53.4 Å². The Morgan fingerprint density at radius 1 is 1.00 bits per heavy atom. The highest BCUT2D eigenvalue weighted by molar-refractivity contribution is 7.89. The Morgan fingerprint density at radius 3 is 2.33 bits per heavy atom. The van der Waals surface area contributed by atoms with Crippen molar-refractivity contribution in [1.82, 2.24) is 9.21 Å². The van der Waals surface area contributed by atoms with Crippen molar-refractivity contribution in [3.63, 3.8) is 0 Å². The summed E-state index contributed by atoms with van der Waals surface area (Å²) in [5.41, 5.74) is 6.75. The molecule has 142 valence electrons. The van der Waals surface area contributed by atoms with E-state index in [1.54, 1.807) is 0 Å². The van der Waals surface area contributed by atoms with Crippen molar-refractivity contribution >= 4 is 21.8 Å². The highest BCUT2D eigenvalue weighted by Crippen LogP contribution is 2.27. The summed E-state index contributed by atoms with van der Waals surface area (Å²) in [6, 6.07) is 13.3. The van der Waals surface area contributed by atoms with Crippen LogP contribution in [0.5, 0.6) is 0 Å². The maximum Gasteiger partial charge on any atom is 0.261 e. The number of carbonyl (C=O) groups excluding carboxylic acids is 2. The Balaban J connectivity index is 1.97. The van der Waals surface area contributed by atoms with Gasteiger partial charge in [0.1, 0.15) is 0 Å². The molecule has 1 heterocycles. The molecule has 0 fully saturated rings. The minimum absolute atomic E-state index is 0.00866. The van der Waals surface area contributed by atoms with E-state index >= 15 is 0 Å². The zero-order valence-electron chi connectivity index (χ0n) is 15.0. The fraction of sp³-hybridized carbons (Fsp3) is 0.263. The molecule has 2 N–H and O–H groups in total. The molecule has 0 aliphatic carbocycles. The van der Waals surface area contributed by atoms with Crippen LogP contribution in [0.3, 0.4) is 0 Å². The summed E-state index contributed by atoms with van der Waals surface area (Å²) in [7, 11) is -2.48. The van der Waals surface area contributed by atoms with Crippen molar-refractivity contribution in [1.29, 1.82) is 0 Å². The van der Waals surface area contributed by atoms with Gasteiger partial charge in [0.15, 0.2) is 0 Å². The summed E-state index contributed by atoms with van der Waals surface area (Å²) >= 11 is 0. The molecule has 0 saturated carbocycles. The van der Waals surface area contributed by atoms with E-state index in [0.29, 0.717) is 13.0 Å². The van der Waals surface area contributed by atoms with Crippen LogP contribution in [0.2, 0.25) is 0 Å². The number of sulfonamides is 1. The van der Waals surface area contributed by atoms with Crippen LogP contribution < -0.4 is 5.73 Å². The molecule has 1 aliphatic heterocycles. The number of carbonyl (C=O) groups is 2. The second-order valence-electron chi connectivity index (χ2n) is 6.34. The fourth-order valence-electron chi connectivity index (χ4n) is 2.99. The number of imide groups is 1. The lowest BCUT2D eigenvalue weighted by Gasteiger charge is -2.22. The summed E-state index contributed by atoms with van der Waals surface area (Å²) < 4.78 is 27.7. The number of rotatable bonds is 7. The first-order chi connectivity index (χ1) is 12.9. The molecular formula is C19H21N3O4S. The van der Waals surface area contributed by atoms with Gasteiger partial charge in [-0.15, -0.1) is 0 Å². The maximum atomic E-state index is 13.2. The lowest BCUT2D eigenvalue weighted by Crippen LogP contribution is -2.32. The molecule has 0 unspecified atom stereocenters. The Morgan fingerprint density at radius 2 is 1.67 bits per heavy atom. The average Bonchev–Trinajstić information content (AvgIpc) is 2.89. The van der Waals surface area contributed by atoms with Crippen molar-refractivity contribution < 1.29 is 18.0 Å². The first-order valence-electron chi connectivity index (χ1n) is 8.57. The number of benzene rings is 2. The first kappa shape index (κ1) is 19.2. The summed E-state index contributed by atoms with van der Waals surface area (Å²) in [5, 5.41) is 0. The smallest absolute Gasteiger partial charge is 0.261 e. The molecule has 3 rings (SSSR count). The standard InChI is InChI=1S/C19H21N3O4S/c1-21-18(23)16-9-8-15(12-17(16)19(21)24)27(25,26)22(11-5-10-20)13-14-6-3-2-4-7-14/h2-4,6-9,12H,5,10-11,13,20H2,1H3. The van der Waals surface area contributed by atoms with E-state index in [-0.39, 0.29) is 29.1 Å². The van der Waals surface area contributed by atoms with Crippen molar-refractivity contribution in [3.8, 4) is 0 Å². The van der Waals surface area contributed by atoms with Gasteiger partial charge in [-0.1, -0.05) is 30.3 Å². The van der Waals surface area contributed by atoms with Crippen molar-refractivity contribution in [3.05, 3.63) is 65.2 Å². The molecular weight excluding hydrogens is 366 g/mol. The predicted molar refractivity (Wildman–Crippen MR) is 101 cm³/mol. The van der Waals surface area contributed by atoms with E-state index in [0.717, 1.165) is 10.5 Å². The largest absolute Gasteiger partial charge is 0.330 e. The third-order valence-electron chi connectivity index (χ3n) is 4.51. The minimum Gasteiger partial charge on any atom is -0.330 e. The van der Waals surface area contributed by atoms with Gasteiger partial charge < -0.3 is 5.73 Å². The number of nitrogens with two attached hydrogens (primary N) is 1. The van der Waals surface area contributed by atoms with Crippen LogP contribution in [0.25, 0.3) is 0 Å². The number of amides is 2. The number of hydrogen-bond acceptors (Lipinski definition) is 5. The number of nitrogens with zero attached hydrogens (tertiary/aromatic N) is 2. The van der Waals surface area contributed by atoms with Crippen LogP contribution in [0.1, 0.15) is 32.7 Å². The van der Waals surface area contributed by atoms with Crippen molar-refractivity contribution in [2.45, 2.75) is 17.9 Å². The van der Waals surface area contributed by atoms with Gasteiger partial charge in [0, 0.05) is 20.1 Å². The van der Waals surface area contributed by atoms with E-state index in [1.807, 2.05) is 30.3 Å². The minimum atomic E-state index is -3.86. The molecule has 0 atom stereocenters. The molecule has 2 aromatic rings. The van der Waals surface area contributed by atoms with Gasteiger partial charge in [-0.3, -0.25) is 14.5 Å². The molecule has 8 heteroatoms. The van der Waals surface area contributed by atoms with Gasteiger partial charge >= 0.3 is 0 Å². The monoisotopic (exact) mass is 387 g/mol. The van der Waals surface area contributed by atoms with E-state index in [2.05, 4.69) is 0 Å². The molecule has 0 radical (unpaired) electrons. The van der Waals surface area contributed by atoms with Gasteiger partial charge in [-0.2, -0.15) is 4.31 Å². The zero-order chi connectivity index (χ0) is 19.6. The summed E-state index contributed by atoms with van der Waals surface area (Å²) in [4.78, 5) is 25.2. The van der Waals surface area contributed by atoms with Crippen LogP contribution in [-0.4, -0.2) is 49.6 Å². The third kappa shape index (κ3) is 3.64. The molecule has 0 saturated heterocycles. The SMILES string of the molecule is CN1C(=O)c2ccc(S(=O)(=O)N(CCCN)Cc3ccccc3)cc2C1=O. The van der Waals surface area contributed by atoms with Gasteiger partial charge in [-0.05, 0) is 36.7 Å². The lowest BCUT2D eigenvalue weighted by molar-refractivity contribution is 0.0693. The van der Waals surface area contributed by atoms with Crippen LogP contribution >= 0.6 is 0 Å². The topological polar surface area (TPSA) is 101 Å². The third-order valence-corrected chi connectivity index (χ3v) is 6.35. The Kier molecular flexibility index (Phi) is 5.41. The molecule has 7 nitrogen and oxygen atoms in total. The Bertz CT molecular complexity index is 974. The Hall–Kier alpha value is -2.55. The zero-order valence-corrected chi connectivity index (χ0v) is 15.8. The fourth-order valence-corrected chi connectivity index (χ4v) is 4.48. The summed E-state index contributed by atoms with van der Waals surface area (Å²) in [5.74, 6) is -0.924. The molecule has 0 aromatic heterocycles. The maximum absolute atomic E-state index is 13.2. The van der Waals surface area contributed by atoms with Gasteiger partial charge in [0.25, 0.3) is 11.8 Å². The second-order valence-corrected chi connectivity index (χ2v) is 8.28.